The van der Waals surface area contributed by atoms with E-state index >= 15 is 0 Å². The average molecular weight is 569 g/mol. The Morgan fingerprint density at radius 3 is 2.64 bits per heavy atom. The number of nitrogens with one attached hydrogen (secondary N) is 1. The van der Waals surface area contributed by atoms with Gasteiger partial charge in [0.15, 0.2) is 11.5 Å². The van der Waals surface area contributed by atoms with Gasteiger partial charge in [-0.25, -0.2) is 14.8 Å². The fraction of sp³-hybridized carbons (Fsp3) is 0.576. The molecule has 7 rings (SSSR count). The molecule has 4 fully saturated rings. The van der Waals surface area contributed by atoms with E-state index in [0.717, 1.165) is 43.6 Å². The summed E-state index contributed by atoms with van der Waals surface area (Å²) in [5.41, 5.74) is 2.79. The molecule has 1 spiro atoms. The smallest absolute Gasteiger partial charge is 0.376 e. The highest BCUT2D eigenvalue weighted by molar-refractivity contribution is 5.92. The van der Waals surface area contributed by atoms with Crippen LogP contribution in [0.1, 0.15) is 86.6 Å². The number of nitrogens with zero attached hydrogens (tertiary/aromatic N) is 5. The number of esters is 1. The summed E-state index contributed by atoms with van der Waals surface area (Å²) >= 11 is 0. The van der Waals surface area contributed by atoms with Crippen LogP contribution < -0.4 is 10.2 Å². The fourth-order valence-electron chi connectivity index (χ4n) is 7.43. The van der Waals surface area contributed by atoms with Gasteiger partial charge >= 0.3 is 5.97 Å². The third-order valence-corrected chi connectivity index (χ3v) is 10.4. The zero-order valence-electron chi connectivity index (χ0n) is 24.6. The first kappa shape index (κ1) is 27.2. The predicted molar refractivity (Wildman–Crippen MR) is 161 cm³/mol. The molecule has 220 valence electrons. The molecule has 3 saturated carbocycles. The Labute approximate surface area is 247 Å². The molecule has 0 radical (unpaired) electrons. The first-order valence-electron chi connectivity index (χ1n) is 15.5. The maximum atomic E-state index is 12.7. The van der Waals surface area contributed by atoms with Crippen LogP contribution in [0.3, 0.4) is 0 Å². The molecule has 0 amide bonds. The highest BCUT2D eigenvalue weighted by atomic mass is 16.5. The van der Waals surface area contributed by atoms with E-state index in [1.807, 2.05) is 6.07 Å². The van der Waals surface area contributed by atoms with Crippen LogP contribution in [0.4, 0.5) is 11.8 Å². The van der Waals surface area contributed by atoms with Crippen LogP contribution in [0.15, 0.2) is 30.3 Å². The van der Waals surface area contributed by atoms with Crippen molar-refractivity contribution in [2.75, 3.05) is 37.1 Å². The lowest BCUT2D eigenvalue weighted by Crippen LogP contribution is -2.41. The lowest BCUT2D eigenvalue weighted by atomic mass is 9.79. The Bertz CT molecular complexity index is 1500. The van der Waals surface area contributed by atoms with E-state index in [0.29, 0.717) is 43.1 Å². The first-order valence-corrected chi connectivity index (χ1v) is 15.5. The summed E-state index contributed by atoms with van der Waals surface area (Å²) in [6.07, 6.45) is 14.9. The number of aromatic nitrogens is 4. The minimum atomic E-state index is -0.559. The number of benzene rings is 1. The second-order valence-corrected chi connectivity index (χ2v) is 12.7. The Hall–Kier alpha value is -3.64. The fourth-order valence-corrected chi connectivity index (χ4v) is 7.43. The van der Waals surface area contributed by atoms with Crippen molar-refractivity contribution in [1.29, 1.82) is 0 Å². The van der Waals surface area contributed by atoms with E-state index in [4.69, 9.17) is 30.8 Å². The summed E-state index contributed by atoms with van der Waals surface area (Å²) in [7, 11) is 1.36. The zero-order chi connectivity index (χ0) is 28.8. The number of methoxy groups -OCH3 is 1. The van der Waals surface area contributed by atoms with Gasteiger partial charge in [0, 0.05) is 24.5 Å². The van der Waals surface area contributed by atoms with E-state index < -0.39 is 5.97 Å². The van der Waals surface area contributed by atoms with Crippen LogP contribution in [0.25, 0.3) is 11.2 Å². The number of carbonyl (C=O) groups is 1. The molecule has 9 nitrogen and oxygen atoms in total. The number of rotatable bonds is 7. The lowest BCUT2D eigenvalue weighted by molar-refractivity contribution is 0.0587. The monoisotopic (exact) mass is 568 g/mol. The van der Waals surface area contributed by atoms with Crippen molar-refractivity contribution in [2.24, 2.45) is 17.3 Å². The van der Waals surface area contributed by atoms with E-state index in [-0.39, 0.29) is 29.4 Å². The summed E-state index contributed by atoms with van der Waals surface area (Å²) < 4.78 is 13.5. The number of ether oxygens (including phenoxy) is 2. The number of hydrogen-bond donors (Lipinski definition) is 1. The molecule has 4 aliphatic rings. The van der Waals surface area contributed by atoms with Crippen LogP contribution in [0, 0.1) is 29.6 Å². The topological polar surface area (TPSA) is 94.4 Å². The molecule has 3 atom stereocenters. The van der Waals surface area contributed by atoms with Crippen LogP contribution in [0.5, 0.6) is 0 Å². The minimum Gasteiger partial charge on any atom is -0.463 e. The third kappa shape index (κ3) is 4.70. The molecular formula is C33H40N6O3. The zero-order valence-corrected chi connectivity index (χ0v) is 24.6. The van der Waals surface area contributed by atoms with Crippen molar-refractivity contribution in [3.63, 3.8) is 0 Å². The third-order valence-electron chi connectivity index (χ3n) is 10.4. The number of hydrogen-bond acceptors (Lipinski definition) is 8. The van der Waals surface area contributed by atoms with Gasteiger partial charge in [-0.2, -0.15) is 4.98 Å². The molecule has 1 aliphatic heterocycles. The van der Waals surface area contributed by atoms with E-state index in [1.54, 1.807) is 0 Å². The molecule has 3 aliphatic carbocycles. The van der Waals surface area contributed by atoms with Crippen molar-refractivity contribution in [3.05, 3.63) is 41.7 Å². The van der Waals surface area contributed by atoms with Gasteiger partial charge in [-0.3, -0.25) is 0 Å². The number of fused-ring (bicyclic) bond motifs is 1. The number of terminal acetylenes is 1. The van der Waals surface area contributed by atoms with Gasteiger partial charge in [-0.05, 0) is 68.8 Å². The van der Waals surface area contributed by atoms with Crippen molar-refractivity contribution >= 4 is 28.9 Å². The van der Waals surface area contributed by atoms with Crippen molar-refractivity contribution < 1.29 is 14.3 Å². The standard InChI is InChI=1S/C33H40N6O3/c1-4-22-13-15-33(16-14-22)19-26(33)39-27-28(34-21(2)23-11-8-12-23)35-30(31(40)41-3)36-29(27)37-32(39)38-17-18-42-20-25(38)24-9-6-5-7-10-24/h1,5-7,9-10,21-23,25-26H,8,11-20H2,2-3H3,(H,34,35,36)/t21-,22?,25+,26?,33?/m1/s1. The summed E-state index contributed by atoms with van der Waals surface area (Å²) in [6.45, 7) is 4.12. The molecule has 9 heteroatoms. The van der Waals surface area contributed by atoms with E-state index in [9.17, 15) is 4.79 Å². The maximum absolute atomic E-state index is 12.7. The molecule has 1 aromatic carbocycles. The van der Waals surface area contributed by atoms with E-state index in [1.165, 1.54) is 31.9 Å². The Morgan fingerprint density at radius 2 is 1.95 bits per heavy atom. The quantitative estimate of drug-likeness (QED) is 0.293. The Kier molecular flexibility index (Phi) is 7.05. The molecule has 3 aromatic rings. The SMILES string of the molecule is C#CC1CCC2(CC1)CC2n1c(N2CCOC[C@H]2c2ccccc2)nc2nc(C(=O)OC)nc(N[C@H](C)C3CCC3)c21. The number of imidazole rings is 1. The first-order chi connectivity index (χ1) is 20.5. The second kappa shape index (κ2) is 10.9. The second-order valence-electron chi connectivity index (χ2n) is 12.7. The molecule has 2 aromatic heterocycles. The van der Waals surface area contributed by atoms with Gasteiger partial charge in [0.05, 0.1) is 26.4 Å². The molecular weight excluding hydrogens is 528 g/mol. The minimum absolute atomic E-state index is 0.0146. The number of anilines is 2. The van der Waals surface area contributed by atoms with Crippen LogP contribution in [0.2, 0.25) is 0 Å². The van der Waals surface area contributed by atoms with Crippen LogP contribution in [-0.2, 0) is 9.47 Å². The van der Waals surface area contributed by atoms with Crippen molar-refractivity contribution in [2.45, 2.75) is 76.4 Å². The highest BCUT2D eigenvalue weighted by Gasteiger charge is 2.57. The largest absolute Gasteiger partial charge is 0.463 e. The molecule has 0 bridgehead atoms. The van der Waals surface area contributed by atoms with Gasteiger partial charge in [-0.1, -0.05) is 36.8 Å². The number of morpholine rings is 1. The van der Waals surface area contributed by atoms with Gasteiger partial charge in [-0.15, -0.1) is 12.3 Å². The molecule has 1 saturated heterocycles. The highest BCUT2D eigenvalue weighted by Crippen LogP contribution is 2.66. The van der Waals surface area contributed by atoms with Crippen molar-refractivity contribution in [3.8, 4) is 12.3 Å². The molecule has 3 heterocycles. The Balaban J connectivity index is 1.38. The predicted octanol–water partition coefficient (Wildman–Crippen LogP) is 5.55. The summed E-state index contributed by atoms with van der Waals surface area (Å²) in [5, 5.41) is 3.71. The summed E-state index contributed by atoms with van der Waals surface area (Å²) in [6, 6.07) is 11.0. The van der Waals surface area contributed by atoms with Gasteiger partial charge in [0.25, 0.3) is 0 Å². The molecule has 1 unspecified atom stereocenters. The van der Waals surface area contributed by atoms with Gasteiger partial charge in [0.2, 0.25) is 11.8 Å². The molecule has 1 N–H and O–H groups in total. The van der Waals surface area contributed by atoms with Crippen LogP contribution >= 0.6 is 0 Å². The van der Waals surface area contributed by atoms with Gasteiger partial charge < -0.3 is 24.3 Å². The summed E-state index contributed by atoms with van der Waals surface area (Å²) in [5.74, 6) is 4.96. The average Bonchev–Trinajstić information content (AvgIpc) is 3.53. The Morgan fingerprint density at radius 1 is 1.17 bits per heavy atom. The number of carbonyl (C=O) groups excluding carboxylic acids is 1. The normalized spacial score (nSPS) is 28.2. The summed E-state index contributed by atoms with van der Waals surface area (Å²) in [4.78, 5) is 29.8. The van der Waals surface area contributed by atoms with Crippen LogP contribution in [-0.4, -0.2) is 58.4 Å². The van der Waals surface area contributed by atoms with Crippen molar-refractivity contribution in [1.82, 2.24) is 19.5 Å². The van der Waals surface area contributed by atoms with E-state index in [2.05, 4.69) is 51.9 Å². The molecule has 42 heavy (non-hydrogen) atoms. The maximum Gasteiger partial charge on any atom is 0.376 e. The van der Waals surface area contributed by atoms with Gasteiger partial charge in [0.1, 0.15) is 5.52 Å². The lowest BCUT2D eigenvalue weighted by Gasteiger charge is -2.37.